The molecule has 0 spiro atoms. The molecule has 1 amide bonds. The number of carbonyl (C=O) groups is 1. The second-order valence-corrected chi connectivity index (χ2v) is 7.05. The highest BCUT2D eigenvalue weighted by Crippen LogP contribution is 2.29. The van der Waals surface area contributed by atoms with E-state index in [1.54, 1.807) is 18.2 Å². The van der Waals surface area contributed by atoms with E-state index in [1.165, 1.54) is 29.1 Å². The largest absolute Gasteiger partial charge is 0.433 e. The van der Waals surface area contributed by atoms with Gasteiger partial charge in [-0.2, -0.15) is 8.78 Å². The Labute approximate surface area is 171 Å². The third kappa shape index (κ3) is 4.85. The molecule has 0 fully saturated rings. The molecule has 1 aromatic heterocycles. The van der Waals surface area contributed by atoms with Crippen LogP contribution in [0, 0.1) is 0 Å². The predicted octanol–water partition coefficient (Wildman–Crippen LogP) is 4.44. The molecule has 2 aromatic carbocycles. The average molecular weight is 473 g/mol. The average Bonchev–Trinajstić information content (AvgIpc) is 2.63. The molecule has 0 aliphatic carbocycles. The van der Waals surface area contributed by atoms with Crippen LogP contribution in [0.3, 0.4) is 0 Å². The van der Waals surface area contributed by atoms with Crippen LogP contribution < -0.4 is 15.6 Å². The zero-order chi connectivity index (χ0) is 20.3. The molecular formula is C18H13BrClF2N3O3. The highest BCUT2D eigenvalue weighted by molar-refractivity contribution is 9.10. The number of hydrogen-bond acceptors (Lipinski definition) is 4. The summed E-state index contributed by atoms with van der Waals surface area (Å²) in [5.41, 5.74) is 0.634. The molecule has 0 aliphatic rings. The van der Waals surface area contributed by atoms with Crippen molar-refractivity contribution in [2.45, 2.75) is 19.6 Å². The molecule has 10 heteroatoms. The van der Waals surface area contributed by atoms with Gasteiger partial charge in [-0.05, 0) is 36.4 Å². The van der Waals surface area contributed by atoms with Crippen molar-refractivity contribution < 1.29 is 18.3 Å². The van der Waals surface area contributed by atoms with Gasteiger partial charge in [-0.15, -0.1) is 0 Å². The van der Waals surface area contributed by atoms with Gasteiger partial charge in [0.15, 0.2) is 0 Å². The van der Waals surface area contributed by atoms with Crippen LogP contribution in [-0.2, 0) is 11.3 Å². The van der Waals surface area contributed by atoms with E-state index in [0.29, 0.717) is 16.6 Å². The van der Waals surface area contributed by atoms with Gasteiger partial charge in [0.05, 0.1) is 22.3 Å². The zero-order valence-electron chi connectivity index (χ0n) is 14.2. The van der Waals surface area contributed by atoms with Gasteiger partial charge in [0.2, 0.25) is 5.91 Å². The topological polar surface area (TPSA) is 73.2 Å². The van der Waals surface area contributed by atoms with Crippen LogP contribution in [0.25, 0.3) is 10.9 Å². The molecule has 0 radical (unpaired) electrons. The van der Waals surface area contributed by atoms with Crippen molar-refractivity contribution in [2.75, 3.05) is 5.32 Å². The number of amides is 1. The number of hydrogen-bond donors (Lipinski definition) is 1. The van der Waals surface area contributed by atoms with Crippen LogP contribution in [0.15, 0.2) is 52.0 Å². The Morgan fingerprint density at radius 1 is 1.29 bits per heavy atom. The second-order valence-electron chi connectivity index (χ2n) is 5.73. The summed E-state index contributed by atoms with van der Waals surface area (Å²) in [6, 6.07) is 9.12. The summed E-state index contributed by atoms with van der Waals surface area (Å²) < 4.78 is 30.8. The van der Waals surface area contributed by atoms with Crippen molar-refractivity contribution in [3.63, 3.8) is 0 Å². The van der Waals surface area contributed by atoms with Gasteiger partial charge < -0.3 is 10.1 Å². The molecular weight excluding hydrogens is 460 g/mol. The Hall–Kier alpha value is -2.52. The quantitative estimate of drug-likeness (QED) is 0.576. The summed E-state index contributed by atoms with van der Waals surface area (Å²) in [5.74, 6) is -0.561. The summed E-state index contributed by atoms with van der Waals surface area (Å²) >= 11 is 9.16. The van der Waals surface area contributed by atoms with E-state index in [2.05, 4.69) is 31.0 Å². The van der Waals surface area contributed by atoms with Crippen molar-refractivity contribution in [3.05, 3.63) is 62.6 Å². The van der Waals surface area contributed by atoms with E-state index in [4.69, 9.17) is 11.6 Å². The number of alkyl halides is 2. The first-order chi connectivity index (χ1) is 13.3. The summed E-state index contributed by atoms with van der Waals surface area (Å²) in [6.07, 6.45) is 1.40. The van der Waals surface area contributed by atoms with Gasteiger partial charge in [0, 0.05) is 23.1 Å². The number of benzene rings is 2. The first kappa shape index (κ1) is 20.2. The van der Waals surface area contributed by atoms with Crippen LogP contribution >= 0.6 is 27.5 Å². The molecule has 1 heterocycles. The zero-order valence-corrected chi connectivity index (χ0v) is 16.5. The highest BCUT2D eigenvalue weighted by atomic mass is 79.9. The van der Waals surface area contributed by atoms with Crippen molar-refractivity contribution in [1.29, 1.82) is 0 Å². The smallest absolute Gasteiger partial charge is 0.387 e. The normalized spacial score (nSPS) is 11.0. The number of nitrogens with one attached hydrogen (secondary N) is 1. The minimum Gasteiger partial charge on any atom is -0.433 e. The molecule has 0 bridgehead atoms. The minimum absolute atomic E-state index is 0.00794. The first-order valence-corrected chi connectivity index (χ1v) is 9.19. The Morgan fingerprint density at radius 3 is 2.79 bits per heavy atom. The molecule has 28 heavy (non-hydrogen) atoms. The third-order valence-corrected chi connectivity index (χ3v) is 4.59. The molecule has 1 N–H and O–H groups in total. The van der Waals surface area contributed by atoms with Gasteiger partial charge in [-0.1, -0.05) is 27.5 Å². The molecule has 0 aliphatic heterocycles. The van der Waals surface area contributed by atoms with E-state index < -0.39 is 6.61 Å². The lowest BCUT2D eigenvalue weighted by Gasteiger charge is -2.10. The van der Waals surface area contributed by atoms with Gasteiger partial charge in [0.1, 0.15) is 5.75 Å². The third-order valence-electron chi connectivity index (χ3n) is 3.80. The molecule has 3 rings (SSSR count). The van der Waals surface area contributed by atoms with Gasteiger partial charge in [-0.25, -0.2) is 4.98 Å². The molecule has 0 saturated heterocycles. The summed E-state index contributed by atoms with van der Waals surface area (Å²) in [7, 11) is 0. The van der Waals surface area contributed by atoms with E-state index in [0.717, 1.165) is 4.47 Å². The predicted molar refractivity (Wildman–Crippen MR) is 105 cm³/mol. The molecule has 0 atom stereocenters. The Balaban J connectivity index is 1.66. The van der Waals surface area contributed by atoms with Crippen molar-refractivity contribution in [2.24, 2.45) is 0 Å². The number of halogens is 4. The summed E-state index contributed by atoms with van der Waals surface area (Å²) in [4.78, 5) is 28.8. The number of carbonyl (C=O) groups excluding carboxylic acids is 1. The van der Waals surface area contributed by atoms with Gasteiger partial charge in [0.25, 0.3) is 5.56 Å². The van der Waals surface area contributed by atoms with Crippen LogP contribution in [0.2, 0.25) is 5.02 Å². The minimum atomic E-state index is -2.99. The molecule has 146 valence electrons. The molecule has 0 unspecified atom stereocenters. The lowest BCUT2D eigenvalue weighted by atomic mass is 10.2. The van der Waals surface area contributed by atoms with Crippen LogP contribution in [0.4, 0.5) is 14.5 Å². The van der Waals surface area contributed by atoms with Crippen LogP contribution in [0.5, 0.6) is 5.75 Å². The standard InChI is InChI=1S/C18H13BrClF2N3O3/c19-10-1-3-14-12(7-10)17(27)25(9-23-14)6-5-16(26)24-11-2-4-15(13(20)8-11)28-18(21)22/h1-4,7-9,18H,5-6H2,(H,24,26). The summed E-state index contributed by atoms with van der Waals surface area (Å²) in [5, 5.41) is 2.98. The lowest BCUT2D eigenvalue weighted by Crippen LogP contribution is -2.23. The fraction of sp³-hybridized carbons (Fsp3) is 0.167. The lowest BCUT2D eigenvalue weighted by molar-refractivity contribution is -0.116. The van der Waals surface area contributed by atoms with Gasteiger partial charge in [-0.3, -0.25) is 14.2 Å². The number of rotatable bonds is 6. The Bertz CT molecular complexity index is 1090. The maximum atomic E-state index is 12.5. The van der Waals surface area contributed by atoms with E-state index >= 15 is 0 Å². The van der Waals surface area contributed by atoms with Crippen molar-refractivity contribution >= 4 is 50.0 Å². The number of aryl methyl sites for hydroxylation is 1. The fourth-order valence-electron chi connectivity index (χ4n) is 2.51. The van der Waals surface area contributed by atoms with Gasteiger partial charge >= 0.3 is 6.61 Å². The Kier molecular flexibility index (Phi) is 6.25. The maximum absolute atomic E-state index is 12.5. The van der Waals surface area contributed by atoms with E-state index in [1.807, 2.05) is 0 Å². The SMILES string of the molecule is O=C(CCn1cnc2ccc(Br)cc2c1=O)Nc1ccc(OC(F)F)c(Cl)c1. The van der Waals surface area contributed by atoms with Crippen molar-refractivity contribution in [3.8, 4) is 5.75 Å². The van der Waals surface area contributed by atoms with Crippen LogP contribution in [-0.4, -0.2) is 22.1 Å². The molecule has 3 aromatic rings. The fourth-order valence-corrected chi connectivity index (χ4v) is 3.09. The Morgan fingerprint density at radius 2 is 2.07 bits per heavy atom. The number of aromatic nitrogens is 2. The van der Waals surface area contributed by atoms with Crippen LogP contribution in [0.1, 0.15) is 6.42 Å². The monoisotopic (exact) mass is 471 g/mol. The first-order valence-electron chi connectivity index (χ1n) is 8.02. The number of nitrogens with zero attached hydrogens (tertiary/aromatic N) is 2. The maximum Gasteiger partial charge on any atom is 0.387 e. The molecule has 6 nitrogen and oxygen atoms in total. The van der Waals surface area contributed by atoms with E-state index in [9.17, 15) is 18.4 Å². The van der Waals surface area contributed by atoms with E-state index in [-0.39, 0.29) is 35.2 Å². The number of ether oxygens (including phenoxy) is 1. The second kappa shape index (κ2) is 8.66. The highest BCUT2D eigenvalue weighted by Gasteiger charge is 2.11. The van der Waals surface area contributed by atoms with Crippen molar-refractivity contribution in [1.82, 2.24) is 9.55 Å². The molecule has 0 saturated carbocycles. The number of anilines is 1. The summed E-state index contributed by atoms with van der Waals surface area (Å²) in [6.45, 7) is -2.87. The number of fused-ring (bicyclic) bond motifs is 1.